The SMILES string of the molecule is O=CC(O)C1CCCc2ccccc21. The number of aliphatic hydroxyl groups excluding tert-OH is 1. The number of aliphatic hydroxyl groups is 1. The first-order valence-corrected chi connectivity index (χ1v) is 5.04. The number of fused-ring (bicyclic) bond motifs is 1. The molecule has 1 aliphatic carbocycles. The van der Waals surface area contributed by atoms with Crippen LogP contribution in [0.5, 0.6) is 0 Å². The number of hydrogen-bond acceptors (Lipinski definition) is 2. The molecule has 0 saturated carbocycles. The van der Waals surface area contributed by atoms with Crippen LogP contribution in [0.25, 0.3) is 0 Å². The first-order valence-electron chi connectivity index (χ1n) is 5.04. The maximum atomic E-state index is 10.6. The highest BCUT2D eigenvalue weighted by molar-refractivity contribution is 5.58. The fraction of sp³-hybridized carbons (Fsp3) is 0.417. The van der Waals surface area contributed by atoms with Crippen LogP contribution in [0.4, 0.5) is 0 Å². The van der Waals surface area contributed by atoms with Crippen LogP contribution in [0.15, 0.2) is 24.3 Å². The zero-order valence-corrected chi connectivity index (χ0v) is 8.02. The maximum Gasteiger partial charge on any atom is 0.149 e. The zero-order valence-electron chi connectivity index (χ0n) is 8.02. The number of benzene rings is 1. The lowest BCUT2D eigenvalue weighted by Crippen LogP contribution is -2.23. The summed E-state index contributed by atoms with van der Waals surface area (Å²) in [5.74, 6) is 0.0115. The summed E-state index contributed by atoms with van der Waals surface area (Å²) in [6, 6.07) is 8.08. The molecule has 0 aliphatic heterocycles. The molecule has 2 nitrogen and oxygen atoms in total. The molecule has 0 aromatic heterocycles. The van der Waals surface area contributed by atoms with Crippen molar-refractivity contribution >= 4 is 6.29 Å². The average molecular weight is 190 g/mol. The van der Waals surface area contributed by atoms with Crippen LogP contribution in [0.1, 0.15) is 29.9 Å². The number of carbonyl (C=O) groups is 1. The summed E-state index contributed by atoms with van der Waals surface area (Å²) >= 11 is 0. The summed E-state index contributed by atoms with van der Waals surface area (Å²) in [6.45, 7) is 0. The van der Waals surface area contributed by atoms with Gasteiger partial charge in [0, 0.05) is 5.92 Å². The number of aryl methyl sites for hydroxylation is 1. The molecule has 0 fully saturated rings. The Hall–Kier alpha value is -1.15. The highest BCUT2D eigenvalue weighted by Crippen LogP contribution is 2.33. The van der Waals surface area contributed by atoms with Crippen molar-refractivity contribution in [2.24, 2.45) is 0 Å². The quantitative estimate of drug-likeness (QED) is 0.720. The Kier molecular flexibility index (Phi) is 2.64. The van der Waals surface area contributed by atoms with Crippen molar-refractivity contribution in [2.75, 3.05) is 0 Å². The third-order valence-electron chi connectivity index (χ3n) is 2.97. The summed E-state index contributed by atoms with van der Waals surface area (Å²) in [6.07, 6.45) is 2.85. The molecule has 2 unspecified atom stereocenters. The van der Waals surface area contributed by atoms with Crippen molar-refractivity contribution in [3.05, 3.63) is 35.4 Å². The van der Waals surface area contributed by atoms with Gasteiger partial charge in [0.05, 0.1) is 0 Å². The van der Waals surface area contributed by atoms with Gasteiger partial charge in [0.25, 0.3) is 0 Å². The van der Waals surface area contributed by atoms with E-state index in [1.165, 1.54) is 5.56 Å². The monoisotopic (exact) mass is 190 g/mol. The lowest BCUT2D eigenvalue weighted by Gasteiger charge is -2.26. The van der Waals surface area contributed by atoms with Gasteiger partial charge < -0.3 is 9.90 Å². The Balaban J connectivity index is 2.35. The van der Waals surface area contributed by atoms with E-state index >= 15 is 0 Å². The Labute approximate surface area is 83.6 Å². The molecule has 1 aromatic carbocycles. The molecule has 1 N–H and O–H groups in total. The largest absolute Gasteiger partial charge is 0.385 e. The maximum absolute atomic E-state index is 10.6. The van der Waals surface area contributed by atoms with E-state index in [4.69, 9.17) is 0 Å². The smallest absolute Gasteiger partial charge is 0.149 e. The van der Waals surface area contributed by atoms with Crippen molar-refractivity contribution < 1.29 is 9.90 Å². The van der Waals surface area contributed by atoms with Gasteiger partial charge in [0.1, 0.15) is 12.4 Å². The molecular formula is C12H14O2. The van der Waals surface area contributed by atoms with E-state index in [-0.39, 0.29) is 5.92 Å². The first-order chi connectivity index (χ1) is 6.83. The van der Waals surface area contributed by atoms with E-state index < -0.39 is 6.10 Å². The topological polar surface area (TPSA) is 37.3 Å². The van der Waals surface area contributed by atoms with Gasteiger partial charge in [-0.15, -0.1) is 0 Å². The summed E-state index contributed by atoms with van der Waals surface area (Å²) in [4.78, 5) is 10.6. The second kappa shape index (κ2) is 3.93. The number of carbonyl (C=O) groups excluding carboxylic acids is 1. The molecule has 0 radical (unpaired) electrons. The molecule has 1 aliphatic rings. The summed E-state index contributed by atoms with van der Waals surface area (Å²) in [7, 11) is 0. The van der Waals surface area contributed by atoms with Gasteiger partial charge in [-0.2, -0.15) is 0 Å². The van der Waals surface area contributed by atoms with Gasteiger partial charge in [-0.25, -0.2) is 0 Å². The van der Waals surface area contributed by atoms with Gasteiger partial charge in [-0.1, -0.05) is 24.3 Å². The van der Waals surface area contributed by atoms with E-state index in [2.05, 4.69) is 6.07 Å². The fourth-order valence-electron chi connectivity index (χ4n) is 2.24. The van der Waals surface area contributed by atoms with E-state index in [9.17, 15) is 9.90 Å². The number of aldehydes is 1. The Morgan fingerprint density at radius 2 is 2.21 bits per heavy atom. The highest BCUT2D eigenvalue weighted by atomic mass is 16.3. The lowest BCUT2D eigenvalue weighted by molar-refractivity contribution is -0.116. The molecule has 0 heterocycles. The van der Waals surface area contributed by atoms with E-state index in [0.717, 1.165) is 24.8 Å². The second-order valence-corrected chi connectivity index (χ2v) is 3.82. The first kappa shape index (κ1) is 9.41. The molecule has 1 aromatic rings. The zero-order chi connectivity index (χ0) is 9.97. The molecule has 2 rings (SSSR count). The summed E-state index contributed by atoms with van der Waals surface area (Å²) in [5.41, 5.74) is 2.43. The fourth-order valence-corrected chi connectivity index (χ4v) is 2.24. The molecular weight excluding hydrogens is 176 g/mol. The van der Waals surface area contributed by atoms with Crippen LogP contribution in [-0.4, -0.2) is 17.5 Å². The normalized spacial score (nSPS) is 22.5. The standard InChI is InChI=1S/C12H14O2/c13-8-12(14)11-7-3-5-9-4-1-2-6-10(9)11/h1-2,4,6,8,11-12,14H,3,5,7H2. The second-order valence-electron chi connectivity index (χ2n) is 3.82. The number of rotatable bonds is 2. The van der Waals surface area contributed by atoms with Crippen LogP contribution < -0.4 is 0 Å². The van der Waals surface area contributed by atoms with Crippen molar-refractivity contribution in [3.8, 4) is 0 Å². The lowest BCUT2D eigenvalue weighted by atomic mass is 9.80. The third kappa shape index (κ3) is 1.58. The Bertz CT molecular complexity index is 333. The van der Waals surface area contributed by atoms with Gasteiger partial charge >= 0.3 is 0 Å². The van der Waals surface area contributed by atoms with Crippen molar-refractivity contribution in [2.45, 2.75) is 31.3 Å². The third-order valence-corrected chi connectivity index (χ3v) is 2.97. The number of hydrogen-bond donors (Lipinski definition) is 1. The van der Waals surface area contributed by atoms with Crippen molar-refractivity contribution in [3.63, 3.8) is 0 Å². The molecule has 2 atom stereocenters. The van der Waals surface area contributed by atoms with Crippen LogP contribution >= 0.6 is 0 Å². The minimum atomic E-state index is -0.837. The predicted octanol–water partition coefficient (Wildman–Crippen LogP) is 1.67. The average Bonchev–Trinajstić information content (AvgIpc) is 2.27. The molecule has 14 heavy (non-hydrogen) atoms. The minimum absolute atomic E-state index is 0.0115. The Morgan fingerprint density at radius 3 is 3.00 bits per heavy atom. The van der Waals surface area contributed by atoms with Crippen LogP contribution in [0.2, 0.25) is 0 Å². The summed E-state index contributed by atoms with van der Waals surface area (Å²) in [5, 5.41) is 9.56. The Morgan fingerprint density at radius 1 is 1.43 bits per heavy atom. The van der Waals surface area contributed by atoms with E-state index in [0.29, 0.717) is 6.29 Å². The molecule has 0 spiro atoms. The summed E-state index contributed by atoms with van der Waals surface area (Å²) < 4.78 is 0. The highest BCUT2D eigenvalue weighted by Gasteiger charge is 2.25. The molecule has 74 valence electrons. The van der Waals surface area contributed by atoms with E-state index in [1.807, 2.05) is 18.2 Å². The molecule has 0 amide bonds. The van der Waals surface area contributed by atoms with E-state index in [1.54, 1.807) is 0 Å². The van der Waals surface area contributed by atoms with Gasteiger partial charge in [-0.3, -0.25) is 0 Å². The predicted molar refractivity (Wildman–Crippen MR) is 54.2 cm³/mol. The van der Waals surface area contributed by atoms with Gasteiger partial charge in [0.15, 0.2) is 0 Å². The molecule has 0 bridgehead atoms. The minimum Gasteiger partial charge on any atom is -0.385 e. The van der Waals surface area contributed by atoms with Gasteiger partial charge in [0.2, 0.25) is 0 Å². The molecule has 2 heteroatoms. The van der Waals surface area contributed by atoms with Crippen LogP contribution in [0.3, 0.4) is 0 Å². The van der Waals surface area contributed by atoms with Crippen molar-refractivity contribution in [1.29, 1.82) is 0 Å². The van der Waals surface area contributed by atoms with Crippen LogP contribution in [-0.2, 0) is 11.2 Å². The molecule has 0 saturated heterocycles. The van der Waals surface area contributed by atoms with Gasteiger partial charge in [-0.05, 0) is 30.4 Å². The van der Waals surface area contributed by atoms with Crippen molar-refractivity contribution in [1.82, 2.24) is 0 Å². The van der Waals surface area contributed by atoms with Crippen LogP contribution in [0, 0.1) is 0 Å².